The maximum Gasteiger partial charge on any atom is 0.394 e. The van der Waals surface area contributed by atoms with E-state index in [1.807, 2.05) is 98.8 Å². The Hall–Kier alpha value is -4.45. The molecule has 4 aromatic rings. The third kappa shape index (κ3) is 7.44. The predicted octanol–water partition coefficient (Wildman–Crippen LogP) is 7.90. The largest absolute Gasteiger partial charge is 0.453 e. The van der Waals surface area contributed by atoms with Gasteiger partial charge in [0.25, 0.3) is 0 Å². The first-order valence-electron chi connectivity index (χ1n) is 17.0. The maximum atomic E-state index is 14.8. The van der Waals surface area contributed by atoms with Crippen molar-refractivity contribution in [3.05, 3.63) is 155 Å². The zero-order valence-electron chi connectivity index (χ0n) is 28.1. The number of benzene rings is 4. The highest BCUT2D eigenvalue weighted by molar-refractivity contribution is 7.99. The summed E-state index contributed by atoms with van der Waals surface area (Å²) >= 11 is 1.18. The van der Waals surface area contributed by atoms with Crippen molar-refractivity contribution >= 4 is 23.8 Å². The fourth-order valence-corrected chi connectivity index (χ4v) is 7.91. The Labute approximate surface area is 294 Å². The summed E-state index contributed by atoms with van der Waals surface area (Å²) in [4.78, 5) is 28.8. The Morgan fingerprint density at radius 2 is 1.41 bits per heavy atom. The van der Waals surface area contributed by atoms with Gasteiger partial charge in [0.05, 0.1) is 11.6 Å². The van der Waals surface area contributed by atoms with Gasteiger partial charge in [0.1, 0.15) is 13.2 Å². The number of rotatable bonds is 11. The molecule has 1 amide bonds. The second-order valence-corrected chi connectivity index (χ2v) is 13.8. The van der Waals surface area contributed by atoms with Gasteiger partial charge in [-0.3, -0.25) is 5.32 Å². The summed E-state index contributed by atoms with van der Waals surface area (Å²) in [6, 6.07) is 39.6. The van der Waals surface area contributed by atoms with Crippen LogP contribution in [0.5, 0.6) is 0 Å². The Morgan fingerprint density at radius 1 is 0.857 bits per heavy atom. The topological polar surface area (TPSA) is 64.6 Å². The van der Waals surface area contributed by atoms with Gasteiger partial charge in [0.2, 0.25) is 5.70 Å². The monoisotopic (exact) mass is 671 g/mol. The van der Waals surface area contributed by atoms with Gasteiger partial charge in [-0.2, -0.15) is 0 Å². The number of likely N-dealkylation sites (tertiary alicyclic amines) is 1. The van der Waals surface area contributed by atoms with Crippen molar-refractivity contribution in [2.24, 2.45) is 0 Å². The molecule has 6 nitrogen and oxygen atoms in total. The highest BCUT2D eigenvalue weighted by Gasteiger charge is 2.63. The average Bonchev–Trinajstić information content (AvgIpc) is 3.15. The van der Waals surface area contributed by atoms with Gasteiger partial charge >= 0.3 is 11.9 Å². The summed E-state index contributed by atoms with van der Waals surface area (Å²) in [6.07, 6.45) is 3.87. The van der Waals surface area contributed by atoms with Gasteiger partial charge in [-0.1, -0.05) is 127 Å². The van der Waals surface area contributed by atoms with E-state index in [2.05, 4.69) is 52.9 Å². The fraction of sp³-hybridized carbons (Fsp3) is 0.286. The molecule has 0 spiro atoms. The summed E-state index contributed by atoms with van der Waals surface area (Å²) in [5, 5.41) is 7.05. The summed E-state index contributed by atoms with van der Waals surface area (Å²) < 4.78 is 11.5. The molecule has 3 atom stereocenters. The molecule has 6 rings (SSSR count). The number of nitrogens with one attached hydrogen (secondary N) is 1. The highest BCUT2D eigenvalue weighted by Crippen LogP contribution is 2.44. The molecule has 0 saturated carbocycles. The van der Waals surface area contributed by atoms with Crippen LogP contribution >= 0.6 is 11.9 Å². The lowest BCUT2D eigenvalue weighted by Crippen LogP contribution is -2.74. The molecule has 2 aliphatic rings. The van der Waals surface area contributed by atoms with Gasteiger partial charge in [0.15, 0.2) is 18.0 Å². The molecule has 0 bridgehead atoms. The molecule has 7 heteroatoms. The van der Waals surface area contributed by atoms with Gasteiger partial charge in [-0.05, 0) is 60.9 Å². The number of carbonyl (C=O) groups is 2. The summed E-state index contributed by atoms with van der Waals surface area (Å²) in [7, 11) is 0. The Bertz CT molecular complexity index is 1710. The molecule has 2 fully saturated rings. The van der Waals surface area contributed by atoms with Crippen molar-refractivity contribution in [2.75, 3.05) is 13.2 Å². The zero-order valence-corrected chi connectivity index (χ0v) is 29.0. The molecular formula is C42H43N2O4S+. The van der Waals surface area contributed by atoms with E-state index >= 15 is 0 Å². The van der Waals surface area contributed by atoms with E-state index in [9.17, 15) is 9.59 Å². The molecule has 1 N–H and O–H groups in total. The van der Waals surface area contributed by atoms with Crippen LogP contribution in [-0.4, -0.2) is 41.1 Å². The van der Waals surface area contributed by atoms with Crippen LogP contribution in [0.4, 0.5) is 0 Å². The highest BCUT2D eigenvalue weighted by atomic mass is 32.2. The van der Waals surface area contributed by atoms with Gasteiger partial charge in [-0.25, -0.2) is 9.59 Å². The van der Waals surface area contributed by atoms with Crippen LogP contribution in [0.25, 0.3) is 0 Å². The lowest BCUT2D eigenvalue weighted by Gasteiger charge is -2.48. The average molecular weight is 672 g/mol. The third-order valence-electron chi connectivity index (χ3n) is 9.22. The number of carbonyl (C=O) groups excluding carboxylic acids is 2. The minimum Gasteiger partial charge on any atom is -0.453 e. The van der Waals surface area contributed by atoms with Crippen LogP contribution in [0.1, 0.15) is 61.8 Å². The minimum atomic E-state index is -0.839. The molecule has 49 heavy (non-hydrogen) atoms. The molecule has 0 aliphatic carbocycles. The number of ether oxygens (including phenoxy) is 2. The second-order valence-electron chi connectivity index (χ2n) is 12.8. The lowest BCUT2D eigenvalue weighted by molar-refractivity contribution is -0.705. The van der Waals surface area contributed by atoms with E-state index < -0.39 is 17.6 Å². The number of hydrogen-bond acceptors (Lipinski definition) is 6. The van der Waals surface area contributed by atoms with Crippen LogP contribution in [0.15, 0.2) is 133 Å². The van der Waals surface area contributed by atoms with Crippen LogP contribution < -0.4 is 5.32 Å². The van der Waals surface area contributed by atoms with Crippen LogP contribution in [0, 0.1) is 11.2 Å². The van der Waals surface area contributed by atoms with Crippen molar-refractivity contribution in [3.8, 4) is 11.2 Å². The fourth-order valence-electron chi connectivity index (χ4n) is 6.82. The number of hydrogen-bond donors (Lipinski definition) is 1. The van der Waals surface area contributed by atoms with Crippen molar-refractivity contribution in [3.63, 3.8) is 0 Å². The zero-order chi connectivity index (χ0) is 34.1. The van der Waals surface area contributed by atoms with E-state index in [4.69, 9.17) is 9.47 Å². The van der Waals surface area contributed by atoms with Crippen LogP contribution in [-0.2, 0) is 31.2 Å². The van der Waals surface area contributed by atoms with Crippen molar-refractivity contribution in [2.45, 2.75) is 63.8 Å². The molecule has 0 radical (unpaired) electrons. The lowest BCUT2D eigenvalue weighted by atomic mass is 9.76. The Kier molecular flexibility index (Phi) is 11.1. The number of esters is 1. The summed E-state index contributed by atoms with van der Waals surface area (Å²) in [5.41, 5.74) is 4.10. The molecule has 2 saturated heterocycles. The standard InChI is InChI=1S/C42H43N2O4S/c1-32(2)39(41(46)48-31-33-18-7-3-8-19-33)44(49-29-17-27-37-26-15-16-28-47-37)30-38(40(44)45)43-42(34-20-9-4-10-21-34,35-22-11-5-12-23-35)36-24-13-6-14-25-36/h3-14,18-25,37-38,43H,15-16,26-28,30-31H2,1-2H3/q+1. The van der Waals surface area contributed by atoms with E-state index in [0.29, 0.717) is 18.7 Å². The van der Waals surface area contributed by atoms with E-state index in [1.54, 1.807) is 0 Å². The quantitative estimate of drug-likeness (QED) is 0.0333. The first-order chi connectivity index (χ1) is 23.9. The molecular weight excluding hydrogens is 629 g/mol. The second kappa shape index (κ2) is 15.8. The summed E-state index contributed by atoms with van der Waals surface area (Å²) in [5.74, 6) is 2.60. The minimum absolute atomic E-state index is 0.0961. The predicted molar refractivity (Wildman–Crippen MR) is 194 cm³/mol. The molecule has 0 aromatic heterocycles. The van der Waals surface area contributed by atoms with E-state index in [-0.39, 0.29) is 22.5 Å². The number of amides is 1. The maximum absolute atomic E-state index is 14.8. The number of quaternary nitrogens is 1. The van der Waals surface area contributed by atoms with Gasteiger partial charge < -0.3 is 9.47 Å². The summed E-state index contributed by atoms with van der Waals surface area (Å²) in [6.45, 7) is 4.90. The number of allylic oxidation sites excluding steroid dienone is 1. The number of nitrogens with zero attached hydrogens (tertiary/aromatic N) is 1. The Morgan fingerprint density at radius 3 is 1.90 bits per heavy atom. The van der Waals surface area contributed by atoms with Crippen LogP contribution in [0.3, 0.4) is 0 Å². The first kappa shape index (κ1) is 34.4. The molecule has 250 valence electrons. The molecule has 2 aliphatic heterocycles. The first-order valence-corrected chi connectivity index (χ1v) is 17.8. The van der Waals surface area contributed by atoms with Crippen molar-refractivity contribution in [1.82, 2.24) is 5.32 Å². The van der Waals surface area contributed by atoms with Gasteiger partial charge in [-0.15, -0.1) is 3.89 Å². The smallest absolute Gasteiger partial charge is 0.394 e. The van der Waals surface area contributed by atoms with E-state index in [0.717, 1.165) is 53.7 Å². The van der Waals surface area contributed by atoms with Gasteiger partial charge in [0, 0.05) is 18.3 Å². The molecule has 3 unspecified atom stereocenters. The third-order valence-corrected chi connectivity index (χ3v) is 10.3. The van der Waals surface area contributed by atoms with Crippen molar-refractivity contribution < 1.29 is 23.0 Å². The molecule has 4 aromatic carbocycles. The Balaban J connectivity index is 1.36. The number of β-lactam (4-membered cyclic amide) rings is 1. The van der Waals surface area contributed by atoms with Crippen molar-refractivity contribution in [1.29, 1.82) is 0 Å². The van der Waals surface area contributed by atoms with E-state index in [1.165, 1.54) is 11.9 Å². The molecule has 2 heterocycles. The normalized spacial score (nSPS) is 20.3. The SMILES string of the molecule is CC(C)=C(C(=O)OCc1ccccc1)[N+]1(SC#CCC2CCCCO2)CC(NC(c2ccccc2)(c2ccccc2)c2ccccc2)C1=O. The van der Waals surface area contributed by atoms with Crippen LogP contribution in [0.2, 0.25) is 0 Å².